The summed E-state index contributed by atoms with van der Waals surface area (Å²) in [5.74, 6) is 0.511. The van der Waals surface area contributed by atoms with Gasteiger partial charge in [-0.2, -0.15) is 11.3 Å². The molecule has 0 aliphatic carbocycles. The summed E-state index contributed by atoms with van der Waals surface area (Å²) >= 11 is 1.66. The van der Waals surface area contributed by atoms with E-state index in [2.05, 4.69) is 16.8 Å². The third kappa shape index (κ3) is 4.75. The molecule has 0 radical (unpaired) electrons. The molecule has 5 nitrogen and oxygen atoms in total. The van der Waals surface area contributed by atoms with Crippen molar-refractivity contribution in [3.8, 4) is 5.75 Å². The number of rotatable bonds is 7. The van der Waals surface area contributed by atoms with E-state index in [-0.39, 0.29) is 11.8 Å². The largest absolute Gasteiger partial charge is 0.491 e. The van der Waals surface area contributed by atoms with E-state index in [0.29, 0.717) is 11.4 Å². The summed E-state index contributed by atoms with van der Waals surface area (Å²) in [5.41, 5.74) is 2.00. The highest BCUT2D eigenvalue weighted by molar-refractivity contribution is 7.07. The number of hydrogen-bond donors (Lipinski definition) is 1. The smallest absolute Gasteiger partial charge is 0.275 e. The maximum atomic E-state index is 11.0. The second-order valence-electron chi connectivity index (χ2n) is 4.95. The van der Waals surface area contributed by atoms with Gasteiger partial charge in [0, 0.05) is 24.4 Å². The molecule has 0 aliphatic rings. The van der Waals surface area contributed by atoms with E-state index in [1.165, 1.54) is 17.7 Å². The summed E-state index contributed by atoms with van der Waals surface area (Å²) in [6.45, 7) is 4.50. The van der Waals surface area contributed by atoms with Gasteiger partial charge in [0.25, 0.3) is 5.69 Å². The summed E-state index contributed by atoms with van der Waals surface area (Å²) in [6, 6.07) is 6.85. The van der Waals surface area contributed by atoms with Gasteiger partial charge in [0.15, 0.2) is 0 Å². The van der Waals surface area contributed by atoms with Crippen molar-refractivity contribution in [1.82, 2.24) is 0 Å². The summed E-state index contributed by atoms with van der Waals surface area (Å²) < 4.78 is 5.56. The fourth-order valence-corrected chi connectivity index (χ4v) is 2.62. The third-order valence-corrected chi connectivity index (χ3v) is 3.53. The molecule has 0 saturated carbocycles. The maximum absolute atomic E-state index is 11.0. The minimum absolute atomic E-state index is 0.0225. The molecule has 0 saturated heterocycles. The number of thiophene rings is 1. The van der Waals surface area contributed by atoms with Crippen molar-refractivity contribution in [3.63, 3.8) is 0 Å². The Balaban J connectivity index is 2.06. The molecule has 0 unspecified atom stereocenters. The van der Waals surface area contributed by atoms with E-state index in [4.69, 9.17) is 4.74 Å². The second kappa shape index (κ2) is 7.08. The lowest BCUT2D eigenvalue weighted by Crippen LogP contribution is -2.08. The van der Waals surface area contributed by atoms with Gasteiger partial charge < -0.3 is 10.1 Å². The Hall–Kier alpha value is -2.08. The Kier molecular flexibility index (Phi) is 5.16. The zero-order chi connectivity index (χ0) is 15.2. The molecular formula is C15H18N2O3S. The average molecular weight is 306 g/mol. The first-order valence-corrected chi connectivity index (χ1v) is 7.70. The van der Waals surface area contributed by atoms with Crippen molar-refractivity contribution in [2.24, 2.45) is 0 Å². The van der Waals surface area contributed by atoms with Crippen molar-refractivity contribution < 1.29 is 9.66 Å². The number of non-ortho nitro benzene ring substituents is 1. The summed E-state index contributed by atoms with van der Waals surface area (Å²) in [6.07, 6.45) is 0.859. The molecule has 2 rings (SSSR count). The topological polar surface area (TPSA) is 64.4 Å². The van der Waals surface area contributed by atoms with Crippen LogP contribution in [0.1, 0.15) is 19.4 Å². The SMILES string of the molecule is CC(C)Oc1cc(NCCc2ccsc2)cc([N+](=O)[O-])c1. The van der Waals surface area contributed by atoms with Crippen molar-refractivity contribution in [2.75, 3.05) is 11.9 Å². The van der Waals surface area contributed by atoms with Crippen LogP contribution in [0, 0.1) is 10.1 Å². The van der Waals surface area contributed by atoms with Gasteiger partial charge in [-0.1, -0.05) is 0 Å². The van der Waals surface area contributed by atoms with Gasteiger partial charge in [-0.3, -0.25) is 10.1 Å². The molecule has 0 amide bonds. The van der Waals surface area contributed by atoms with Crippen LogP contribution in [0.2, 0.25) is 0 Å². The second-order valence-corrected chi connectivity index (χ2v) is 5.73. The van der Waals surface area contributed by atoms with Crippen LogP contribution >= 0.6 is 11.3 Å². The summed E-state index contributed by atoms with van der Waals surface area (Å²) in [7, 11) is 0. The van der Waals surface area contributed by atoms with Crippen molar-refractivity contribution in [2.45, 2.75) is 26.4 Å². The fourth-order valence-electron chi connectivity index (χ4n) is 1.92. The lowest BCUT2D eigenvalue weighted by molar-refractivity contribution is -0.384. The van der Waals surface area contributed by atoms with Crippen LogP contribution in [-0.2, 0) is 6.42 Å². The van der Waals surface area contributed by atoms with Gasteiger partial charge in [-0.25, -0.2) is 0 Å². The molecule has 2 aromatic rings. The fraction of sp³-hybridized carbons (Fsp3) is 0.333. The number of benzene rings is 1. The third-order valence-electron chi connectivity index (χ3n) is 2.80. The Labute approximate surface area is 127 Å². The number of hydrogen-bond acceptors (Lipinski definition) is 5. The number of nitrogens with one attached hydrogen (secondary N) is 1. The normalized spacial score (nSPS) is 10.6. The molecule has 0 spiro atoms. The summed E-state index contributed by atoms with van der Waals surface area (Å²) in [4.78, 5) is 10.6. The minimum Gasteiger partial charge on any atom is -0.491 e. The molecule has 0 fully saturated rings. The van der Waals surface area contributed by atoms with Crippen LogP contribution in [0.15, 0.2) is 35.0 Å². The van der Waals surface area contributed by atoms with Crippen LogP contribution in [0.4, 0.5) is 11.4 Å². The van der Waals surface area contributed by atoms with Gasteiger partial charge in [-0.05, 0) is 42.7 Å². The molecule has 0 bridgehead atoms. The Morgan fingerprint density at radius 1 is 1.38 bits per heavy atom. The molecule has 21 heavy (non-hydrogen) atoms. The highest BCUT2D eigenvalue weighted by Crippen LogP contribution is 2.26. The highest BCUT2D eigenvalue weighted by atomic mass is 32.1. The lowest BCUT2D eigenvalue weighted by Gasteiger charge is -2.12. The van der Waals surface area contributed by atoms with Crippen LogP contribution in [0.5, 0.6) is 5.75 Å². The van der Waals surface area contributed by atoms with E-state index in [9.17, 15) is 10.1 Å². The molecule has 0 atom stereocenters. The highest BCUT2D eigenvalue weighted by Gasteiger charge is 2.11. The van der Waals surface area contributed by atoms with E-state index < -0.39 is 4.92 Å². The zero-order valence-electron chi connectivity index (χ0n) is 12.0. The van der Waals surface area contributed by atoms with Gasteiger partial charge in [-0.15, -0.1) is 0 Å². The van der Waals surface area contributed by atoms with Crippen LogP contribution in [-0.4, -0.2) is 17.6 Å². The van der Waals surface area contributed by atoms with Crippen LogP contribution in [0.25, 0.3) is 0 Å². The Morgan fingerprint density at radius 3 is 2.81 bits per heavy atom. The maximum Gasteiger partial charge on any atom is 0.275 e. The van der Waals surface area contributed by atoms with Crippen molar-refractivity contribution in [3.05, 3.63) is 50.7 Å². The first kappa shape index (κ1) is 15.3. The predicted octanol–water partition coefficient (Wildman–Crippen LogP) is 4.10. The number of nitro groups is 1. The predicted molar refractivity (Wildman–Crippen MR) is 85.4 cm³/mol. The number of ether oxygens (including phenoxy) is 1. The van der Waals surface area contributed by atoms with E-state index >= 15 is 0 Å². The monoisotopic (exact) mass is 306 g/mol. The zero-order valence-corrected chi connectivity index (χ0v) is 12.9. The first-order chi connectivity index (χ1) is 10.0. The quantitative estimate of drug-likeness (QED) is 0.618. The Morgan fingerprint density at radius 2 is 2.19 bits per heavy atom. The molecule has 112 valence electrons. The van der Waals surface area contributed by atoms with Crippen LogP contribution in [0.3, 0.4) is 0 Å². The van der Waals surface area contributed by atoms with Gasteiger partial charge in [0.05, 0.1) is 17.1 Å². The van der Waals surface area contributed by atoms with Gasteiger partial charge >= 0.3 is 0 Å². The first-order valence-electron chi connectivity index (χ1n) is 6.75. The molecule has 6 heteroatoms. The number of nitrogens with zero attached hydrogens (tertiary/aromatic N) is 1. The average Bonchev–Trinajstić information content (AvgIpc) is 2.90. The Bertz CT molecular complexity index is 597. The van der Waals surface area contributed by atoms with Crippen molar-refractivity contribution in [1.29, 1.82) is 0 Å². The minimum atomic E-state index is -0.406. The lowest BCUT2D eigenvalue weighted by atomic mass is 10.2. The van der Waals surface area contributed by atoms with E-state index in [0.717, 1.165) is 13.0 Å². The van der Waals surface area contributed by atoms with Crippen molar-refractivity contribution >= 4 is 22.7 Å². The molecule has 1 aromatic carbocycles. The summed E-state index contributed by atoms with van der Waals surface area (Å²) in [5, 5.41) is 18.3. The molecule has 1 N–H and O–H groups in total. The van der Waals surface area contributed by atoms with Gasteiger partial charge in [0.2, 0.25) is 0 Å². The molecule has 0 aliphatic heterocycles. The van der Waals surface area contributed by atoms with E-state index in [1.807, 2.05) is 19.2 Å². The van der Waals surface area contributed by atoms with Gasteiger partial charge in [0.1, 0.15) is 5.75 Å². The molecular weight excluding hydrogens is 288 g/mol. The van der Waals surface area contributed by atoms with E-state index in [1.54, 1.807) is 17.4 Å². The standard InChI is InChI=1S/C15H18N2O3S/c1-11(2)20-15-8-13(7-14(9-15)17(18)19)16-5-3-12-4-6-21-10-12/h4,6-11,16H,3,5H2,1-2H3. The molecule has 1 heterocycles. The molecule has 1 aromatic heterocycles. The van der Waals surface area contributed by atoms with Crippen LogP contribution < -0.4 is 10.1 Å². The number of anilines is 1. The number of nitro benzene ring substituents is 1.